The van der Waals surface area contributed by atoms with Gasteiger partial charge in [0.05, 0.1) is 18.1 Å². The topological polar surface area (TPSA) is 92.3 Å². The number of hydrogen-bond donors (Lipinski definition) is 2. The van der Waals surface area contributed by atoms with E-state index < -0.39 is 9.84 Å². The van der Waals surface area contributed by atoms with Crippen LogP contribution in [0.5, 0.6) is 0 Å². The second-order valence-electron chi connectivity index (χ2n) is 6.39. The molecule has 1 saturated heterocycles. The van der Waals surface area contributed by atoms with Gasteiger partial charge < -0.3 is 10.6 Å². The highest BCUT2D eigenvalue weighted by molar-refractivity contribution is 7.91. The molecule has 1 heterocycles. The van der Waals surface area contributed by atoms with Crippen molar-refractivity contribution in [1.82, 2.24) is 10.6 Å². The molecule has 3 rings (SSSR count). The van der Waals surface area contributed by atoms with Crippen molar-refractivity contribution < 1.29 is 22.4 Å². The zero-order chi connectivity index (χ0) is 17.3. The summed E-state index contributed by atoms with van der Waals surface area (Å²) < 4.78 is 35.6. The van der Waals surface area contributed by atoms with Gasteiger partial charge in [-0.05, 0) is 36.5 Å². The molecule has 2 fully saturated rings. The van der Waals surface area contributed by atoms with Gasteiger partial charge in [0.15, 0.2) is 9.84 Å². The van der Waals surface area contributed by atoms with Crippen LogP contribution in [0.1, 0.15) is 24.3 Å². The van der Waals surface area contributed by atoms with Crippen molar-refractivity contribution in [2.75, 3.05) is 18.1 Å². The van der Waals surface area contributed by atoms with Gasteiger partial charge in [-0.1, -0.05) is 12.1 Å². The van der Waals surface area contributed by atoms with Gasteiger partial charge in [0.1, 0.15) is 5.82 Å². The summed E-state index contributed by atoms with van der Waals surface area (Å²) in [6, 6.07) is 5.70. The summed E-state index contributed by atoms with van der Waals surface area (Å²) in [6.07, 6.45) is 1.09. The molecule has 24 heavy (non-hydrogen) atoms. The van der Waals surface area contributed by atoms with Crippen LogP contribution >= 0.6 is 0 Å². The molecule has 0 aromatic heterocycles. The van der Waals surface area contributed by atoms with Crippen LogP contribution in [0.25, 0.3) is 0 Å². The molecule has 6 nitrogen and oxygen atoms in total. The van der Waals surface area contributed by atoms with E-state index in [0.29, 0.717) is 12.8 Å². The minimum atomic E-state index is -3.05. The molecule has 0 radical (unpaired) electrons. The van der Waals surface area contributed by atoms with Gasteiger partial charge in [0, 0.05) is 12.0 Å². The zero-order valence-corrected chi connectivity index (χ0v) is 13.8. The van der Waals surface area contributed by atoms with Gasteiger partial charge in [0.25, 0.3) is 0 Å². The normalized spacial score (nSPS) is 27.5. The first-order valence-corrected chi connectivity index (χ1v) is 9.69. The molecule has 3 atom stereocenters. The largest absolute Gasteiger partial charge is 0.351 e. The lowest BCUT2D eigenvalue weighted by molar-refractivity contribution is -0.127. The Labute approximate surface area is 139 Å². The van der Waals surface area contributed by atoms with Crippen LogP contribution < -0.4 is 10.6 Å². The van der Waals surface area contributed by atoms with Crippen molar-refractivity contribution in [3.8, 4) is 0 Å². The number of halogens is 1. The summed E-state index contributed by atoms with van der Waals surface area (Å²) in [7, 11) is -3.05. The minimum Gasteiger partial charge on any atom is -0.351 e. The second-order valence-corrected chi connectivity index (χ2v) is 8.61. The van der Waals surface area contributed by atoms with E-state index in [9.17, 15) is 22.4 Å². The Balaban J connectivity index is 1.42. The number of benzene rings is 1. The minimum absolute atomic E-state index is 0.0397. The van der Waals surface area contributed by atoms with Gasteiger partial charge >= 0.3 is 0 Å². The van der Waals surface area contributed by atoms with Crippen LogP contribution in [0.3, 0.4) is 0 Å². The fourth-order valence-electron chi connectivity index (χ4n) is 3.05. The monoisotopic (exact) mass is 354 g/mol. The number of hydrogen-bond acceptors (Lipinski definition) is 4. The highest BCUT2D eigenvalue weighted by atomic mass is 32.2. The van der Waals surface area contributed by atoms with Crippen LogP contribution in [-0.2, 0) is 19.4 Å². The third-order valence-corrected chi connectivity index (χ3v) is 6.21. The molecule has 8 heteroatoms. The standard InChI is InChI=1S/C16H19FN2O4S/c17-11-3-1-10(2-4-11)13-7-14(13)16(21)18-8-15(20)19-12-5-6-24(22,23)9-12/h1-4,12-14H,5-9H2,(H,18,21)(H,19,20)/t12-,13+,14+/m0/s1. The summed E-state index contributed by atoms with van der Waals surface area (Å²) in [4.78, 5) is 23.8. The number of carbonyl (C=O) groups excluding carboxylic acids is 2. The average Bonchev–Trinajstić information content (AvgIpc) is 3.25. The first-order chi connectivity index (χ1) is 11.3. The van der Waals surface area contributed by atoms with E-state index in [4.69, 9.17) is 0 Å². The summed E-state index contributed by atoms with van der Waals surface area (Å²) >= 11 is 0. The van der Waals surface area contributed by atoms with Crippen molar-refractivity contribution >= 4 is 21.7 Å². The molecule has 1 saturated carbocycles. The molecule has 2 N–H and O–H groups in total. The van der Waals surface area contributed by atoms with Gasteiger partial charge in [-0.2, -0.15) is 0 Å². The molecule has 0 bridgehead atoms. The summed E-state index contributed by atoms with van der Waals surface area (Å²) in [6.45, 7) is -0.165. The maximum absolute atomic E-state index is 12.9. The van der Waals surface area contributed by atoms with Crippen molar-refractivity contribution in [1.29, 1.82) is 0 Å². The fraction of sp³-hybridized carbons (Fsp3) is 0.500. The average molecular weight is 354 g/mol. The Morgan fingerprint density at radius 2 is 1.92 bits per heavy atom. The van der Waals surface area contributed by atoms with E-state index in [1.807, 2.05) is 0 Å². The summed E-state index contributed by atoms with van der Waals surface area (Å²) in [5.74, 6) is -0.995. The van der Waals surface area contributed by atoms with Crippen LogP contribution in [0.4, 0.5) is 4.39 Å². The number of sulfone groups is 1. The Bertz CT molecular complexity index is 748. The van der Waals surface area contributed by atoms with Crippen molar-refractivity contribution in [3.63, 3.8) is 0 Å². The second kappa shape index (κ2) is 6.51. The Hall–Kier alpha value is -1.96. The number of rotatable bonds is 5. The Morgan fingerprint density at radius 1 is 1.21 bits per heavy atom. The van der Waals surface area contributed by atoms with Crippen molar-refractivity contribution in [3.05, 3.63) is 35.6 Å². The lowest BCUT2D eigenvalue weighted by Gasteiger charge is -2.11. The molecule has 1 aromatic carbocycles. The lowest BCUT2D eigenvalue weighted by Crippen LogP contribution is -2.42. The van der Waals surface area contributed by atoms with Crippen molar-refractivity contribution in [2.45, 2.75) is 24.8 Å². The summed E-state index contributed by atoms with van der Waals surface area (Å²) in [5, 5.41) is 5.20. The van der Waals surface area contributed by atoms with Crippen LogP contribution in [0.2, 0.25) is 0 Å². The molecular formula is C16H19FN2O4S. The first kappa shape index (κ1) is 16.9. The molecule has 130 valence electrons. The third-order valence-electron chi connectivity index (χ3n) is 4.45. The van der Waals surface area contributed by atoms with E-state index in [0.717, 1.165) is 5.56 Å². The highest BCUT2D eigenvalue weighted by Crippen LogP contribution is 2.47. The predicted molar refractivity (Wildman–Crippen MR) is 85.5 cm³/mol. The molecule has 0 unspecified atom stereocenters. The lowest BCUT2D eigenvalue weighted by atomic mass is 10.1. The first-order valence-electron chi connectivity index (χ1n) is 7.87. The molecule has 1 aliphatic heterocycles. The molecule has 2 amide bonds. The van der Waals surface area contributed by atoms with Crippen molar-refractivity contribution in [2.24, 2.45) is 5.92 Å². The SMILES string of the molecule is O=C(CNC(=O)[C@@H]1C[C@@H]1c1ccc(F)cc1)N[C@H]1CCS(=O)(=O)C1. The fourth-order valence-corrected chi connectivity index (χ4v) is 4.72. The molecule has 0 spiro atoms. The van der Waals surface area contributed by atoms with Crippen LogP contribution in [0.15, 0.2) is 24.3 Å². The van der Waals surface area contributed by atoms with Crippen LogP contribution in [-0.4, -0.2) is 44.3 Å². The quantitative estimate of drug-likeness (QED) is 0.798. The Kier molecular flexibility index (Phi) is 4.58. The molecule has 2 aliphatic rings. The highest BCUT2D eigenvalue weighted by Gasteiger charge is 2.43. The smallest absolute Gasteiger partial charge is 0.239 e. The van der Waals surface area contributed by atoms with E-state index in [1.54, 1.807) is 12.1 Å². The number of nitrogens with one attached hydrogen (secondary N) is 2. The van der Waals surface area contributed by atoms with Crippen LogP contribution in [0, 0.1) is 11.7 Å². The molecular weight excluding hydrogens is 335 g/mol. The van der Waals surface area contributed by atoms with Gasteiger partial charge in [-0.15, -0.1) is 0 Å². The summed E-state index contributed by atoms with van der Waals surface area (Å²) in [5.41, 5.74) is 0.914. The Morgan fingerprint density at radius 3 is 2.54 bits per heavy atom. The maximum atomic E-state index is 12.9. The van der Waals surface area contributed by atoms with E-state index in [-0.39, 0.29) is 53.6 Å². The number of amides is 2. The van der Waals surface area contributed by atoms with Gasteiger partial charge in [0.2, 0.25) is 11.8 Å². The van der Waals surface area contributed by atoms with Gasteiger partial charge in [-0.3, -0.25) is 9.59 Å². The third kappa shape index (κ3) is 4.11. The number of carbonyl (C=O) groups is 2. The van der Waals surface area contributed by atoms with E-state index >= 15 is 0 Å². The maximum Gasteiger partial charge on any atom is 0.239 e. The predicted octanol–water partition coefficient (Wildman–Crippen LogP) is 0.349. The zero-order valence-electron chi connectivity index (χ0n) is 13.0. The molecule has 1 aromatic rings. The van der Waals surface area contributed by atoms with E-state index in [1.165, 1.54) is 12.1 Å². The molecule has 1 aliphatic carbocycles. The van der Waals surface area contributed by atoms with Gasteiger partial charge in [-0.25, -0.2) is 12.8 Å². The van der Waals surface area contributed by atoms with E-state index in [2.05, 4.69) is 10.6 Å².